The quantitative estimate of drug-likeness (QED) is 0.656. The molecule has 0 radical (unpaired) electrons. The van der Waals surface area contributed by atoms with Gasteiger partial charge in [0.1, 0.15) is 4.21 Å². The van der Waals surface area contributed by atoms with Gasteiger partial charge >= 0.3 is 0 Å². The molecule has 1 aliphatic heterocycles. The number of hydrogen-bond donors (Lipinski definition) is 1. The number of amides is 1. The van der Waals surface area contributed by atoms with Crippen LogP contribution in [0, 0.1) is 6.92 Å². The molecule has 148 valence electrons. The fourth-order valence-corrected chi connectivity index (χ4v) is 7.20. The van der Waals surface area contributed by atoms with Gasteiger partial charge in [-0.3, -0.25) is 4.79 Å². The molecule has 2 aromatic heterocycles. The standard InChI is InChI=1S/C19H21N3O3S3/c1-13-20-16-7-5-14(11-17(16)26-13)21-18(23)12-15-6-8-19(27-15)28(24,25)22-9-3-2-4-10-22/h5-8,11H,2-4,9-10,12H2,1H3,(H,21,23). The van der Waals surface area contributed by atoms with E-state index in [9.17, 15) is 13.2 Å². The number of aromatic nitrogens is 1. The Morgan fingerprint density at radius 3 is 2.71 bits per heavy atom. The number of rotatable bonds is 5. The van der Waals surface area contributed by atoms with Gasteiger partial charge in [-0.2, -0.15) is 4.31 Å². The second kappa shape index (κ2) is 7.90. The third kappa shape index (κ3) is 4.12. The number of sulfonamides is 1. The summed E-state index contributed by atoms with van der Waals surface area (Å²) in [7, 11) is -3.44. The third-order valence-corrected chi connectivity index (χ3v) is 9.04. The molecule has 0 bridgehead atoms. The predicted molar refractivity (Wildman–Crippen MR) is 114 cm³/mol. The molecule has 1 amide bonds. The van der Waals surface area contributed by atoms with Crippen molar-refractivity contribution < 1.29 is 13.2 Å². The van der Waals surface area contributed by atoms with E-state index in [2.05, 4.69) is 10.3 Å². The van der Waals surface area contributed by atoms with E-state index in [1.165, 1.54) is 11.3 Å². The molecule has 4 rings (SSSR count). The van der Waals surface area contributed by atoms with E-state index in [0.29, 0.717) is 17.3 Å². The van der Waals surface area contributed by atoms with Crippen molar-refractivity contribution in [1.29, 1.82) is 0 Å². The Labute approximate surface area is 172 Å². The molecule has 0 spiro atoms. The highest BCUT2D eigenvalue weighted by atomic mass is 32.2. The van der Waals surface area contributed by atoms with Crippen LogP contribution in [0.1, 0.15) is 29.1 Å². The minimum Gasteiger partial charge on any atom is -0.326 e. The lowest BCUT2D eigenvalue weighted by Crippen LogP contribution is -2.35. The van der Waals surface area contributed by atoms with Gasteiger partial charge in [0.05, 0.1) is 21.6 Å². The Kier molecular flexibility index (Phi) is 5.50. The average molecular weight is 436 g/mol. The summed E-state index contributed by atoms with van der Waals surface area (Å²) in [4.78, 5) is 17.6. The topological polar surface area (TPSA) is 79.4 Å². The maximum absolute atomic E-state index is 12.7. The summed E-state index contributed by atoms with van der Waals surface area (Å²) < 4.78 is 28.4. The molecule has 1 fully saturated rings. The van der Waals surface area contributed by atoms with Crippen molar-refractivity contribution >= 4 is 54.5 Å². The summed E-state index contributed by atoms with van der Waals surface area (Å²) in [5.74, 6) is -0.163. The fourth-order valence-electron chi connectivity index (χ4n) is 3.31. The number of aryl methyl sites for hydroxylation is 1. The number of carbonyl (C=O) groups is 1. The lowest BCUT2D eigenvalue weighted by atomic mass is 10.2. The molecule has 3 aromatic rings. The average Bonchev–Trinajstić information content (AvgIpc) is 3.28. The Morgan fingerprint density at radius 1 is 1.14 bits per heavy atom. The first-order chi connectivity index (χ1) is 13.4. The summed E-state index contributed by atoms with van der Waals surface area (Å²) in [6, 6.07) is 8.99. The first kappa shape index (κ1) is 19.5. The molecule has 3 heterocycles. The van der Waals surface area contributed by atoms with E-state index >= 15 is 0 Å². The van der Waals surface area contributed by atoms with Crippen molar-refractivity contribution in [2.45, 2.75) is 36.8 Å². The van der Waals surface area contributed by atoms with Crippen molar-refractivity contribution in [3.63, 3.8) is 0 Å². The van der Waals surface area contributed by atoms with E-state index in [1.54, 1.807) is 27.8 Å². The number of piperidine rings is 1. The van der Waals surface area contributed by atoms with Crippen LogP contribution in [0.4, 0.5) is 5.69 Å². The van der Waals surface area contributed by atoms with Crippen LogP contribution in [0.5, 0.6) is 0 Å². The Morgan fingerprint density at radius 2 is 1.93 bits per heavy atom. The summed E-state index contributed by atoms with van der Waals surface area (Å²) >= 11 is 2.77. The number of thiophene rings is 1. The van der Waals surface area contributed by atoms with Gasteiger partial charge in [0.25, 0.3) is 10.0 Å². The highest BCUT2D eigenvalue weighted by molar-refractivity contribution is 7.91. The van der Waals surface area contributed by atoms with Gasteiger partial charge in [-0.05, 0) is 50.1 Å². The molecule has 0 atom stereocenters. The van der Waals surface area contributed by atoms with Crippen LogP contribution in [0.25, 0.3) is 10.2 Å². The molecule has 9 heteroatoms. The molecule has 0 unspecified atom stereocenters. The van der Waals surface area contributed by atoms with Gasteiger partial charge in [0, 0.05) is 23.7 Å². The van der Waals surface area contributed by atoms with Crippen molar-refractivity contribution in [2.24, 2.45) is 0 Å². The number of carbonyl (C=O) groups excluding carboxylic acids is 1. The summed E-state index contributed by atoms with van der Waals surface area (Å²) in [5, 5.41) is 3.88. The van der Waals surface area contributed by atoms with Gasteiger partial charge in [0.2, 0.25) is 5.91 Å². The zero-order valence-corrected chi connectivity index (χ0v) is 17.9. The number of fused-ring (bicyclic) bond motifs is 1. The molecular weight excluding hydrogens is 414 g/mol. The van der Waals surface area contributed by atoms with Crippen LogP contribution in [-0.4, -0.2) is 36.7 Å². The normalized spacial score (nSPS) is 15.8. The van der Waals surface area contributed by atoms with E-state index in [0.717, 1.165) is 45.1 Å². The molecule has 1 aliphatic rings. The van der Waals surface area contributed by atoms with Crippen molar-refractivity contribution in [1.82, 2.24) is 9.29 Å². The Bertz CT molecular complexity index is 1110. The maximum Gasteiger partial charge on any atom is 0.252 e. The van der Waals surface area contributed by atoms with Crippen LogP contribution in [0.15, 0.2) is 34.5 Å². The first-order valence-corrected chi connectivity index (χ1v) is 12.2. The molecule has 6 nitrogen and oxygen atoms in total. The van der Waals surface area contributed by atoms with Gasteiger partial charge < -0.3 is 5.32 Å². The largest absolute Gasteiger partial charge is 0.326 e. The minimum atomic E-state index is -3.44. The molecule has 1 saturated heterocycles. The Hall–Kier alpha value is -1.81. The highest BCUT2D eigenvalue weighted by Gasteiger charge is 2.27. The summed E-state index contributed by atoms with van der Waals surface area (Å²) in [6.45, 7) is 3.11. The van der Waals surface area contributed by atoms with Gasteiger partial charge in [0.15, 0.2) is 0 Å². The van der Waals surface area contributed by atoms with Crippen LogP contribution < -0.4 is 5.32 Å². The van der Waals surface area contributed by atoms with E-state index < -0.39 is 10.0 Å². The van der Waals surface area contributed by atoms with Gasteiger partial charge in [-0.1, -0.05) is 6.42 Å². The second-order valence-electron chi connectivity index (χ2n) is 6.83. The van der Waals surface area contributed by atoms with Crippen molar-refractivity contribution in [2.75, 3.05) is 18.4 Å². The summed E-state index contributed by atoms with van der Waals surface area (Å²) in [6.07, 6.45) is 3.04. The Balaban J connectivity index is 1.43. The number of nitrogens with zero attached hydrogens (tertiary/aromatic N) is 2. The summed E-state index contributed by atoms with van der Waals surface area (Å²) in [5.41, 5.74) is 1.64. The molecular formula is C19H21N3O3S3. The van der Waals surface area contributed by atoms with Crippen molar-refractivity contribution in [3.8, 4) is 0 Å². The molecule has 1 aromatic carbocycles. The van der Waals surface area contributed by atoms with E-state index in [4.69, 9.17) is 0 Å². The lowest BCUT2D eigenvalue weighted by Gasteiger charge is -2.25. The van der Waals surface area contributed by atoms with Crippen molar-refractivity contribution in [3.05, 3.63) is 40.2 Å². The van der Waals surface area contributed by atoms with E-state index in [1.807, 2.05) is 25.1 Å². The number of benzene rings is 1. The number of thiazole rings is 1. The van der Waals surface area contributed by atoms with Crippen LogP contribution in [0.2, 0.25) is 0 Å². The van der Waals surface area contributed by atoms with Crippen LogP contribution in [-0.2, 0) is 21.2 Å². The monoisotopic (exact) mass is 435 g/mol. The zero-order valence-electron chi connectivity index (χ0n) is 15.5. The first-order valence-electron chi connectivity index (χ1n) is 9.18. The number of nitrogens with one attached hydrogen (secondary N) is 1. The van der Waals surface area contributed by atoms with Crippen LogP contribution >= 0.6 is 22.7 Å². The van der Waals surface area contributed by atoms with Gasteiger partial charge in [-0.15, -0.1) is 22.7 Å². The molecule has 28 heavy (non-hydrogen) atoms. The lowest BCUT2D eigenvalue weighted by molar-refractivity contribution is -0.115. The number of hydrogen-bond acceptors (Lipinski definition) is 6. The molecule has 1 N–H and O–H groups in total. The molecule has 0 aliphatic carbocycles. The predicted octanol–water partition coefficient (Wildman–Crippen LogP) is 4.02. The van der Waals surface area contributed by atoms with E-state index in [-0.39, 0.29) is 12.3 Å². The minimum absolute atomic E-state index is 0.153. The third-order valence-electron chi connectivity index (χ3n) is 4.66. The molecule has 0 saturated carbocycles. The van der Waals surface area contributed by atoms with Gasteiger partial charge in [-0.25, -0.2) is 13.4 Å². The zero-order chi connectivity index (χ0) is 19.7. The number of anilines is 1. The van der Waals surface area contributed by atoms with Crippen LogP contribution in [0.3, 0.4) is 0 Å². The second-order valence-corrected chi connectivity index (χ2v) is 11.4. The maximum atomic E-state index is 12.7. The fraction of sp³-hybridized carbons (Fsp3) is 0.368. The SMILES string of the molecule is Cc1nc2ccc(NC(=O)Cc3ccc(S(=O)(=O)N4CCCCC4)s3)cc2s1. The highest BCUT2D eigenvalue weighted by Crippen LogP contribution is 2.28. The smallest absolute Gasteiger partial charge is 0.252 e.